The van der Waals surface area contributed by atoms with Gasteiger partial charge in [0.25, 0.3) is 5.69 Å². The predicted molar refractivity (Wildman–Crippen MR) is 88.9 cm³/mol. The zero-order chi connectivity index (χ0) is 18.1. The standard InChI is InChI=1S/C14H15ClN6O4/c1-23-8-5-21(22)7(10(24-2)11(8)25-3)4-20-6-17-9-12(15)18-14(16)19-13(9)20/h5-6H,4H2,1-3H3,(H2,16,18,19). The highest BCUT2D eigenvalue weighted by Gasteiger charge is 2.26. The number of anilines is 1. The summed E-state index contributed by atoms with van der Waals surface area (Å²) in [6.07, 6.45) is 2.74. The number of imidazole rings is 1. The third-order valence-electron chi connectivity index (χ3n) is 3.58. The lowest BCUT2D eigenvalue weighted by Gasteiger charge is -2.15. The van der Waals surface area contributed by atoms with Crippen molar-refractivity contribution in [1.82, 2.24) is 19.5 Å². The highest BCUT2D eigenvalue weighted by atomic mass is 35.5. The van der Waals surface area contributed by atoms with Crippen LogP contribution in [0, 0.1) is 5.21 Å². The van der Waals surface area contributed by atoms with E-state index in [0.717, 1.165) is 0 Å². The molecular weight excluding hydrogens is 352 g/mol. The number of hydrogen-bond acceptors (Lipinski definition) is 8. The quantitative estimate of drug-likeness (QED) is 0.399. The minimum atomic E-state index is 0.00789. The number of nitrogens with zero attached hydrogens (tertiary/aromatic N) is 5. The minimum Gasteiger partial charge on any atom is -0.618 e. The first kappa shape index (κ1) is 16.8. The number of fused-ring (bicyclic) bond motifs is 1. The molecule has 0 unspecified atom stereocenters. The summed E-state index contributed by atoms with van der Waals surface area (Å²) in [7, 11) is 4.32. The second-order valence-corrected chi connectivity index (χ2v) is 5.31. The van der Waals surface area contributed by atoms with Crippen LogP contribution in [0.1, 0.15) is 5.69 Å². The minimum absolute atomic E-state index is 0.00789. The third kappa shape index (κ3) is 2.80. The van der Waals surface area contributed by atoms with Crippen molar-refractivity contribution in [2.75, 3.05) is 27.1 Å². The summed E-state index contributed by atoms with van der Waals surface area (Å²) in [5.74, 6) is 0.812. The molecule has 0 spiro atoms. The largest absolute Gasteiger partial charge is 0.618 e. The monoisotopic (exact) mass is 366 g/mol. The summed E-state index contributed by atoms with van der Waals surface area (Å²) in [4.78, 5) is 12.1. The van der Waals surface area contributed by atoms with Crippen LogP contribution in [0.25, 0.3) is 11.2 Å². The number of ether oxygens (including phenoxy) is 3. The van der Waals surface area contributed by atoms with Gasteiger partial charge in [0.05, 0.1) is 27.7 Å². The first-order chi connectivity index (χ1) is 12.0. The highest BCUT2D eigenvalue weighted by molar-refractivity contribution is 6.33. The number of nitrogen functional groups attached to an aromatic ring is 1. The second kappa shape index (κ2) is 6.48. The molecule has 0 saturated heterocycles. The molecule has 2 N–H and O–H groups in total. The van der Waals surface area contributed by atoms with E-state index in [4.69, 9.17) is 31.5 Å². The molecule has 3 rings (SSSR count). The Hall–Kier alpha value is -3.01. The van der Waals surface area contributed by atoms with Crippen molar-refractivity contribution in [2.24, 2.45) is 0 Å². The van der Waals surface area contributed by atoms with Gasteiger partial charge in [-0.05, 0) is 0 Å². The van der Waals surface area contributed by atoms with Crippen molar-refractivity contribution < 1.29 is 18.9 Å². The second-order valence-electron chi connectivity index (χ2n) is 4.95. The fraction of sp³-hybridized carbons (Fsp3) is 0.286. The highest BCUT2D eigenvalue weighted by Crippen LogP contribution is 2.38. The first-order valence-corrected chi connectivity index (χ1v) is 7.42. The van der Waals surface area contributed by atoms with Crippen LogP contribution in [-0.2, 0) is 6.54 Å². The average molecular weight is 367 g/mol. The van der Waals surface area contributed by atoms with Crippen LogP contribution >= 0.6 is 11.6 Å². The molecule has 3 heterocycles. The van der Waals surface area contributed by atoms with Crippen molar-refractivity contribution in [3.63, 3.8) is 0 Å². The molecule has 0 aromatic carbocycles. The number of halogens is 1. The van der Waals surface area contributed by atoms with Gasteiger partial charge in [-0.15, -0.1) is 0 Å². The van der Waals surface area contributed by atoms with Gasteiger partial charge in [0.2, 0.25) is 29.4 Å². The van der Waals surface area contributed by atoms with E-state index in [9.17, 15) is 5.21 Å². The molecular formula is C14H15ClN6O4. The number of nitrogens with two attached hydrogens (primary N) is 1. The van der Waals surface area contributed by atoms with Crippen molar-refractivity contribution in [3.05, 3.63) is 28.6 Å². The maximum atomic E-state index is 12.4. The Morgan fingerprint density at radius 1 is 1.20 bits per heavy atom. The van der Waals surface area contributed by atoms with Crippen molar-refractivity contribution >= 4 is 28.7 Å². The smallest absolute Gasteiger partial charge is 0.259 e. The van der Waals surface area contributed by atoms with Crippen LogP contribution in [0.15, 0.2) is 12.5 Å². The molecule has 0 radical (unpaired) electrons. The Kier molecular flexibility index (Phi) is 4.36. The molecule has 25 heavy (non-hydrogen) atoms. The summed E-state index contributed by atoms with van der Waals surface area (Å²) < 4.78 is 18.1. The van der Waals surface area contributed by atoms with Gasteiger partial charge in [0.15, 0.2) is 10.8 Å². The normalized spacial score (nSPS) is 10.9. The van der Waals surface area contributed by atoms with E-state index in [0.29, 0.717) is 21.6 Å². The molecule has 132 valence electrons. The Morgan fingerprint density at radius 3 is 2.56 bits per heavy atom. The summed E-state index contributed by atoms with van der Waals surface area (Å²) in [6.45, 7) is 0.0936. The fourth-order valence-electron chi connectivity index (χ4n) is 2.48. The SMILES string of the molecule is COc1c[n+]([O-])c(Cn2cnc3c(Cl)nc(N)nc32)c(OC)c1OC. The van der Waals surface area contributed by atoms with Crippen LogP contribution in [0.2, 0.25) is 5.15 Å². The molecule has 3 aromatic heterocycles. The maximum absolute atomic E-state index is 12.4. The van der Waals surface area contributed by atoms with Crippen LogP contribution in [-0.4, -0.2) is 40.8 Å². The predicted octanol–water partition coefficient (Wildman–Crippen LogP) is 0.769. The summed E-state index contributed by atoms with van der Waals surface area (Å²) in [5.41, 5.74) is 6.69. The Morgan fingerprint density at radius 2 is 1.92 bits per heavy atom. The van der Waals surface area contributed by atoms with E-state index >= 15 is 0 Å². The van der Waals surface area contributed by atoms with Crippen molar-refractivity contribution in [2.45, 2.75) is 6.54 Å². The first-order valence-electron chi connectivity index (χ1n) is 7.05. The summed E-state index contributed by atoms with van der Waals surface area (Å²) >= 11 is 6.02. The molecule has 3 aromatic rings. The average Bonchev–Trinajstić information content (AvgIpc) is 2.98. The molecule has 0 bridgehead atoms. The van der Waals surface area contributed by atoms with E-state index in [1.165, 1.54) is 33.9 Å². The van der Waals surface area contributed by atoms with E-state index < -0.39 is 0 Å². The lowest BCUT2D eigenvalue weighted by atomic mass is 10.2. The third-order valence-corrected chi connectivity index (χ3v) is 3.84. The molecule has 11 heteroatoms. The molecule has 0 atom stereocenters. The zero-order valence-corrected chi connectivity index (χ0v) is 14.4. The van der Waals surface area contributed by atoms with Gasteiger partial charge < -0.3 is 29.7 Å². The van der Waals surface area contributed by atoms with Gasteiger partial charge in [-0.1, -0.05) is 11.6 Å². The number of methoxy groups -OCH3 is 3. The van der Waals surface area contributed by atoms with Gasteiger partial charge >= 0.3 is 0 Å². The van der Waals surface area contributed by atoms with Crippen LogP contribution in [0.4, 0.5) is 5.95 Å². The van der Waals surface area contributed by atoms with E-state index in [2.05, 4.69) is 15.0 Å². The lowest BCUT2D eigenvalue weighted by Crippen LogP contribution is -2.33. The van der Waals surface area contributed by atoms with Crippen molar-refractivity contribution in [1.29, 1.82) is 0 Å². The Balaban J connectivity index is 2.15. The molecule has 0 aliphatic rings. The Bertz CT molecular complexity index is 945. The number of pyridine rings is 1. The van der Waals surface area contributed by atoms with E-state index in [1.807, 2.05) is 0 Å². The van der Waals surface area contributed by atoms with Crippen molar-refractivity contribution in [3.8, 4) is 17.2 Å². The molecule has 0 aliphatic heterocycles. The number of rotatable bonds is 5. The molecule has 0 amide bonds. The summed E-state index contributed by atoms with van der Waals surface area (Å²) in [6, 6.07) is 0. The van der Waals surface area contributed by atoms with Gasteiger partial charge in [-0.3, -0.25) is 0 Å². The van der Waals surface area contributed by atoms with E-state index in [1.54, 1.807) is 4.57 Å². The Labute approximate surface area is 147 Å². The van der Waals surface area contributed by atoms with Gasteiger partial charge in [-0.25, -0.2) is 4.98 Å². The fourth-order valence-corrected chi connectivity index (χ4v) is 2.70. The summed E-state index contributed by atoms with van der Waals surface area (Å²) in [5, 5.41) is 12.6. The molecule has 0 saturated carbocycles. The van der Waals surface area contributed by atoms with Crippen LogP contribution < -0.4 is 24.7 Å². The van der Waals surface area contributed by atoms with E-state index in [-0.39, 0.29) is 34.8 Å². The lowest BCUT2D eigenvalue weighted by molar-refractivity contribution is -0.615. The maximum Gasteiger partial charge on any atom is 0.259 e. The number of aromatic nitrogens is 5. The topological polar surface area (TPSA) is 124 Å². The number of hydrogen-bond donors (Lipinski definition) is 1. The van der Waals surface area contributed by atoms with Gasteiger partial charge in [-0.2, -0.15) is 14.7 Å². The van der Waals surface area contributed by atoms with Gasteiger partial charge in [0, 0.05) is 0 Å². The molecule has 0 aliphatic carbocycles. The van der Waals surface area contributed by atoms with Crippen LogP contribution in [0.5, 0.6) is 17.2 Å². The zero-order valence-electron chi connectivity index (χ0n) is 13.7. The molecule has 10 nitrogen and oxygen atoms in total. The van der Waals surface area contributed by atoms with Crippen LogP contribution in [0.3, 0.4) is 0 Å². The van der Waals surface area contributed by atoms with Gasteiger partial charge in [0.1, 0.15) is 12.1 Å². The molecule has 0 fully saturated rings.